The highest BCUT2D eigenvalue weighted by atomic mass is 35.5. The summed E-state index contributed by atoms with van der Waals surface area (Å²) in [5.41, 5.74) is 7.32. The number of rotatable bonds is 1. The normalized spacial score (nSPS) is 19.6. The zero-order valence-corrected chi connectivity index (χ0v) is 11.7. The maximum absolute atomic E-state index is 12.1. The molecule has 3 rings (SSSR count). The number of hydrogen-bond acceptors (Lipinski definition) is 3. The van der Waals surface area contributed by atoms with Crippen LogP contribution in [0.1, 0.15) is 12.5 Å². The average Bonchev–Trinajstić information content (AvgIpc) is 2.82. The number of likely N-dealkylation sites (tertiary alicyclic amines) is 1. The van der Waals surface area contributed by atoms with Gasteiger partial charge in [0.05, 0.1) is 21.1 Å². The summed E-state index contributed by atoms with van der Waals surface area (Å²) in [5, 5.41) is 0.850. The lowest BCUT2D eigenvalue weighted by Gasteiger charge is -2.14. The highest BCUT2D eigenvalue weighted by Gasteiger charge is 2.33. The van der Waals surface area contributed by atoms with E-state index in [-0.39, 0.29) is 11.9 Å². The minimum atomic E-state index is -0.313. The van der Waals surface area contributed by atoms with Crippen molar-refractivity contribution in [2.75, 3.05) is 19.3 Å². The van der Waals surface area contributed by atoms with E-state index < -0.39 is 0 Å². The molecule has 1 aromatic heterocycles. The summed E-state index contributed by atoms with van der Waals surface area (Å²) in [6.07, 6.45) is 0.714. The van der Waals surface area contributed by atoms with Crippen molar-refractivity contribution < 1.29 is 4.79 Å². The average molecular weight is 299 g/mol. The molecule has 0 saturated carbocycles. The second-order valence-electron chi connectivity index (χ2n) is 4.66. The number of imidazole rings is 1. The maximum Gasteiger partial charge on any atom is 0.245 e. The number of benzene rings is 1. The van der Waals surface area contributed by atoms with Gasteiger partial charge in [-0.05, 0) is 18.6 Å². The Morgan fingerprint density at radius 2 is 2.05 bits per heavy atom. The van der Waals surface area contributed by atoms with E-state index in [9.17, 15) is 4.79 Å². The van der Waals surface area contributed by atoms with Crippen molar-refractivity contribution >= 4 is 46.1 Å². The summed E-state index contributed by atoms with van der Waals surface area (Å²) in [6, 6.07) is 3.05. The molecular formula is C12H12Cl2N4O. The van der Waals surface area contributed by atoms with Gasteiger partial charge in [-0.15, -0.1) is 0 Å². The third-order valence-corrected chi connectivity index (χ3v) is 4.19. The number of carbonyl (C=O) groups is 1. The molecule has 1 aromatic carbocycles. The number of carbonyl (C=O) groups excluding carboxylic acids is 1. The van der Waals surface area contributed by atoms with Crippen molar-refractivity contribution in [2.45, 2.75) is 12.5 Å². The Hall–Kier alpha value is -1.46. The number of likely N-dealkylation sites (N-methyl/N-ethyl adjacent to an activating group) is 1. The molecule has 1 fully saturated rings. The van der Waals surface area contributed by atoms with Gasteiger partial charge in [0.15, 0.2) is 0 Å². The van der Waals surface area contributed by atoms with E-state index >= 15 is 0 Å². The van der Waals surface area contributed by atoms with Crippen molar-refractivity contribution in [3.05, 3.63) is 22.2 Å². The van der Waals surface area contributed by atoms with Crippen LogP contribution in [-0.2, 0) is 4.79 Å². The van der Waals surface area contributed by atoms with Crippen LogP contribution in [0, 0.1) is 0 Å². The van der Waals surface area contributed by atoms with E-state index in [1.54, 1.807) is 28.6 Å². The first kappa shape index (κ1) is 12.6. The molecule has 0 radical (unpaired) electrons. The van der Waals surface area contributed by atoms with Crippen LogP contribution in [0.15, 0.2) is 12.1 Å². The first-order valence-corrected chi connectivity index (χ1v) is 6.62. The molecule has 2 N–H and O–H groups in total. The molecule has 1 unspecified atom stereocenters. The van der Waals surface area contributed by atoms with Gasteiger partial charge >= 0.3 is 0 Å². The van der Waals surface area contributed by atoms with Crippen LogP contribution in [0.25, 0.3) is 11.0 Å². The van der Waals surface area contributed by atoms with Crippen molar-refractivity contribution in [3.8, 4) is 0 Å². The van der Waals surface area contributed by atoms with Gasteiger partial charge in [-0.3, -0.25) is 9.36 Å². The number of amides is 1. The van der Waals surface area contributed by atoms with Crippen LogP contribution in [0.2, 0.25) is 10.0 Å². The highest BCUT2D eigenvalue weighted by molar-refractivity contribution is 6.42. The highest BCUT2D eigenvalue weighted by Crippen LogP contribution is 2.33. The van der Waals surface area contributed by atoms with Gasteiger partial charge < -0.3 is 10.6 Å². The molecule has 19 heavy (non-hydrogen) atoms. The Kier molecular flexibility index (Phi) is 2.83. The van der Waals surface area contributed by atoms with Gasteiger partial charge in [-0.1, -0.05) is 23.2 Å². The minimum Gasteiger partial charge on any atom is -0.369 e. The minimum absolute atomic E-state index is 0.0390. The topological polar surface area (TPSA) is 64.2 Å². The first-order chi connectivity index (χ1) is 8.99. The molecule has 0 spiro atoms. The third kappa shape index (κ3) is 1.84. The zero-order chi connectivity index (χ0) is 13.7. The third-order valence-electron chi connectivity index (χ3n) is 3.47. The van der Waals surface area contributed by atoms with E-state index in [1.165, 1.54) is 0 Å². The largest absolute Gasteiger partial charge is 0.369 e. The Bertz CT molecular complexity index is 682. The monoisotopic (exact) mass is 298 g/mol. The van der Waals surface area contributed by atoms with Crippen molar-refractivity contribution in [1.82, 2.24) is 14.5 Å². The fourth-order valence-electron chi connectivity index (χ4n) is 2.48. The standard InChI is InChI=1S/C12H12Cl2N4O/c1-17-3-2-9(11(17)19)18-10-5-7(14)6(13)4-8(10)16-12(18)15/h4-5,9H,2-3H2,1H3,(H2,15,16). The summed E-state index contributed by atoms with van der Waals surface area (Å²) in [7, 11) is 1.78. The molecular weight excluding hydrogens is 287 g/mol. The number of anilines is 1. The maximum atomic E-state index is 12.1. The van der Waals surface area contributed by atoms with E-state index in [0.29, 0.717) is 34.5 Å². The molecule has 1 saturated heterocycles. The van der Waals surface area contributed by atoms with Gasteiger partial charge in [0.1, 0.15) is 6.04 Å². The number of fused-ring (bicyclic) bond motifs is 1. The van der Waals surface area contributed by atoms with Gasteiger partial charge in [-0.25, -0.2) is 4.98 Å². The second kappa shape index (κ2) is 4.28. The van der Waals surface area contributed by atoms with Crippen LogP contribution < -0.4 is 5.73 Å². The molecule has 1 amide bonds. The Labute approximate surface area is 119 Å². The summed E-state index contributed by atoms with van der Waals surface area (Å²) in [4.78, 5) is 18.0. The molecule has 2 aromatic rings. The lowest BCUT2D eigenvalue weighted by Crippen LogP contribution is -2.25. The van der Waals surface area contributed by atoms with Crippen molar-refractivity contribution in [2.24, 2.45) is 0 Å². The smallest absolute Gasteiger partial charge is 0.245 e. The summed E-state index contributed by atoms with van der Waals surface area (Å²) >= 11 is 12.0. The number of nitrogen functional groups attached to an aromatic ring is 1. The quantitative estimate of drug-likeness (QED) is 0.879. The summed E-state index contributed by atoms with van der Waals surface area (Å²) in [5.74, 6) is 0.346. The lowest BCUT2D eigenvalue weighted by atomic mass is 10.2. The summed E-state index contributed by atoms with van der Waals surface area (Å²) in [6.45, 7) is 0.712. The van der Waals surface area contributed by atoms with Crippen molar-refractivity contribution in [1.29, 1.82) is 0 Å². The number of nitrogens with two attached hydrogens (primary N) is 1. The summed E-state index contributed by atoms with van der Waals surface area (Å²) < 4.78 is 1.74. The molecule has 5 nitrogen and oxygen atoms in total. The molecule has 1 aliphatic heterocycles. The molecule has 0 bridgehead atoms. The molecule has 7 heteroatoms. The second-order valence-corrected chi connectivity index (χ2v) is 5.47. The Morgan fingerprint density at radius 1 is 1.37 bits per heavy atom. The lowest BCUT2D eigenvalue weighted by molar-refractivity contribution is -0.129. The Balaban J connectivity index is 2.21. The van der Waals surface area contributed by atoms with Gasteiger partial charge in [0.25, 0.3) is 0 Å². The number of halogens is 2. The van der Waals surface area contributed by atoms with Gasteiger partial charge in [0.2, 0.25) is 11.9 Å². The number of aromatic nitrogens is 2. The van der Waals surface area contributed by atoms with Gasteiger partial charge in [-0.2, -0.15) is 0 Å². The first-order valence-electron chi connectivity index (χ1n) is 5.86. The van der Waals surface area contributed by atoms with E-state index in [1.807, 2.05) is 0 Å². The van der Waals surface area contributed by atoms with Crippen LogP contribution in [0.3, 0.4) is 0 Å². The molecule has 0 aliphatic carbocycles. The van der Waals surface area contributed by atoms with E-state index in [2.05, 4.69) is 4.98 Å². The molecule has 1 atom stereocenters. The van der Waals surface area contributed by atoms with Crippen LogP contribution in [0.5, 0.6) is 0 Å². The fraction of sp³-hybridized carbons (Fsp3) is 0.333. The predicted molar refractivity (Wildman–Crippen MR) is 75.5 cm³/mol. The van der Waals surface area contributed by atoms with Gasteiger partial charge in [0, 0.05) is 13.6 Å². The zero-order valence-electron chi connectivity index (χ0n) is 10.2. The fourth-order valence-corrected chi connectivity index (χ4v) is 2.80. The number of nitrogens with zero attached hydrogens (tertiary/aromatic N) is 3. The Morgan fingerprint density at radius 3 is 2.68 bits per heavy atom. The van der Waals surface area contributed by atoms with Crippen LogP contribution >= 0.6 is 23.2 Å². The van der Waals surface area contributed by atoms with Crippen molar-refractivity contribution in [3.63, 3.8) is 0 Å². The SMILES string of the molecule is CN1CCC(n2c(N)nc3cc(Cl)c(Cl)cc32)C1=O. The number of hydrogen-bond donors (Lipinski definition) is 1. The molecule has 1 aliphatic rings. The van der Waals surface area contributed by atoms with E-state index in [0.717, 1.165) is 5.52 Å². The van der Waals surface area contributed by atoms with Crippen LogP contribution in [0.4, 0.5) is 5.95 Å². The predicted octanol–water partition coefficient (Wildman–Crippen LogP) is 2.33. The molecule has 2 heterocycles. The molecule has 100 valence electrons. The van der Waals surface area contributed by atoms with E-state index in [4.69, 9.17) is 28.9 Å². The van der Waals surface area contributed by atoms with Crippen LogP contribution in [-0.4, -0.2) is 34.0 Å².